The first-order valence-electron chi connectivity index (χ1n) is 5.90. The van der Waals surface area contributed by atoms with Crippen LogP contribution in [0.3, 0.4) is 0 Å². The molecule has 1 fully saturated rings. The summed E-state index contributed by atoms with van der Waals surface area (Å²) in [5, 5.41) is 7.18. The molecule has 6 heteroatoms. The first-order valence-corrected chi connectivity index (χ1v) is 5.90. The highest BCUT2D eigenvalue weighted by Gasteiger charge is 2.29. The van der Waals surface area contributed by atoms with Crippen molar-refractivity contribution in [2.75, 3.05) is 13.1 Å². The van der Waals surface area contributed by atoms with E-state index in [9.17, 15) is 4.39 Å². The summed E-state index contributed by atoms with van der Waals surface area (Å²) < 4.78 is 18.0. The van der Waals surface area contributed by atoms with Gasteiger partial charge in [-0.1, -0.05) is 12.1 Å². The van der Waals surface area contributed by atoms with Crippen molar-refractivity contribution in [3.63, 3.8) is 0 Å². The van der Waals surface area contributed by atoms with Crippen LogP contribution in [0.1, 0.15) is 18.7 Å². The molecule has 5 nitrogen and oxygen atoms in total. The average molecular weight is 248 g/mol. The van der Waals surface area contributed by atoms with E-state index < -0.39 is 0 Å². The largest absolute Gasteiger partial charge is 0.339 e. The molecule has 0 spiro atoms. The first-order chi connectivity index (χ1) is 8.74. The molecule has 0 radical (unpaired) electrons. The zero-order chi connectivity index (χ0) is 12.5. The van der Waals surface area contributed by atoms with E-state index in [1.807, 2.05) is 0 Å². The Morgan fingerprint density at radius 2 is 2.28 bits per heavy atom. The number of aromatic nitrogens is 3. The fourth-order valence-corrected chi connectivity index (χ4v) is 2.14. The van der Waals surface area contributed by atoms with Crippen LogP contribution in [0.15, 0.2) is 22.9 Å². The van der Waals surface area contributed by atoms with Crippen LogP contribution in [0.25, 0.3) is 11.5 Å². The minimum atomic E-state index is -0.379. The fraction of sp³-hybridized carbons (Fsp3) is 0.417. The lowest BCUT2D eigenvalue weighted by Crippen LogP contribution is -2.08. The molecule has 18 heavy (non-hydrogen) atoms. The maximum atomic E-state index is 12.8. The predicted octanol–water partition coefficient (Wildman–Crippen LogP) is 1.59. The number of nitrogens with one attached hydrogen (secondary N) is 1. The summed E-state index contributed by atoms with van der Waals surface area (Å²) in [4.78, 5) is 8.27. The molecule has 2 atom stereocenters. The SMILES string of the molecule is C[C@@H]1CNC[C@H]1c1nc(-c2ccc(F)cn2)no1. The van der Waals surface area contributed by atoms with Crippen LogP contribution in [-0.2, 0) is 0 Å². The zero-order valence-corrected chi connectivity index (χ0v) is 9.93. The van der Waals surface area contributed by atoms with E-state index >= 15 is 0 Å². The van der Waals surface area contributed by atoms with E-state index in [0.717, 1.165) is 19.3 Å². The smallest absolute Gasteiger partial charge is 0.231 e. The topological polar surface area (TPSA) is 63.8 Å². The highest BCUT2D eigenvalue weighted by Crippen LogP contribution is 2.27. The van der Waals surface area contributed by atoms with Gasteiger partial charge in [0.15, 0.2) is 0 Å². The lowest BCUT2D eigenvalue weighted by atomic mass is 9.98. The van der Waals surface area contributed by atoms with Gasteiger partial charge in [-0.15, -0.1) is 0 Å². The number of hydrogen-bond acceptors (Lipinski definition) is 5. The van der Waals surface area contributed by atoms with Crippen LogP contribution in [0, 0.1) is 11.7 Å². The van der Waals surface area contributed by atoms with Crippen molar-refractivity contribution in [2.24, 2.45) is 5.92 Å². The van der Waals surface area contributed by atoms with Gasteiger partial charge in [-0.2, -0.15) is 4.98 Å². The minimum absolute atomic E-state index is 0.242. The van der Waals surface area contributed by atoms with Crippen molar-refractivity contribution in [3.8, 4) is 11.5 Å². The third-order valence-corrected chi connectivity index (χ3v) is 3.23. The van der Waals surface area contributed by atoms with Gasteiger partial charge in [0.1, 0.15) is 11.5 Å². The standard InChI is InChI=1S/C12H13FN4O/c1-7-4-14-6-9(7)12-16-11(17-18-12)10-3-2-8(13)5-15-10/h2-3,5,7,9,14H,4,6H2,1H3/t7-,9-/m1/s1. The molecule has 0 amide bonds. The van der Waals surface area contributed by atoms with E-state index in [4.69, 9.17) is 4.52 Å². The number of halogens is 1. The second-order valence-electron chi connectivity index (χ2n) is 4.56. The molecule has 3 heterocycles. The summed E-state index contributed by atoms with van der Waals surface area (Å²) in [5.41, 5.74) is 0.519. The van der Waals surface area contributed by atoms with Crippen LogP contribution in [0.2, 0.25) is 0 Å². The van der Waals surface area contributed by atoms with Gasteiger partial charge in [-0.25, -0.2) is 9.37 Å². The maximum Gasteiger partial charge on any atom is 0.231 e. The van der Waals surface area contributed by atoms with Crippen molar-refractivity contribution >= 4 is 0 Å². The Morgan fingerprint density at radius 3 is 2.94 bits per heavy atom. The van der Waals surface area contributed by atoms with Crippen LogP contribution in [-0.4, -0.2) is 28.2 Å². The Balaban J connectivity index is 1.87. The summed E-state index contributed by atoms with van der Waals surface area (Å²) in [6.07, 6.45) is 1.14. The lowest BCUT2D eigenvalue weighted by Gasteiger charge is -2.07. The third kappa shape index (κ3) is 1.99. The molecule has 94 valence electrons. The molecular weight excluding hydrogens is 235 g/mol. The molecule has 1 saturated heterocycles. The normalized spacial score (nSPS) is 23.4. The van der Waals surface area contributed by atoms with Gasteiger partial charge < -0.3 is 9.84 Å². The molecule has 1 N–H and O–H groups in total. The molecule has 0 unspecified atom stereocenters. The van der Waals surface area contributed by atoms with Crippen LogP contribution in [0.5, 0.6) is 0 Å². The highest BCUT2D eigenvalue weighted by atomic mass is 19.1. The lowest BCUT2D eigenvalue weighted by molar-refractivity contribution is 0.340. The Kier molecular flexibility index (Phi) is 2.79. The summed E-state index contributed by atoms with van der Waals surface area (Å²) in [6.45, 7) is 3.95. The van der Waals surface area contributed by atoms with Crippen LogP contribution in [0.4, 0.5) is 4.39 Å². The third-order valence-electron chi connectivity index (χ3n) is 3.23. The maximum absolute atomic E-state index is 12.8. The van der Waals surface area contributed by atoms with Crippen molar-refractivity contribution in [1.29, 1.82) is 0 Å². The first kappa shape index (κ1) is 11.3. The molecule has 1 aliphatic rings. The highest BCUT2D eigenvalue weighted by molar-refractivity contribution is 5.47. The summed E-state index contributed by atoms with van der Waals surface area (Å²) in [7, 11) is 0. The Labute approximate surface area is 103 Å². The summed E-state index contributed by atoms with van der Waals surface area (Å²) >= 11 is 0. The summed E-state index contributed by atoms with van der Waals surface area (Å²) in [5.74, 6) is 1.36. The zero-order valence-electron chi connectivity index (χ0n) is 9.93. The predicted molar refractivity (Wildman–Crippen MR) is 62.3 cm³/mol. The summed E-state index contributed by atoms with van der Waals surface area (Å²) in [6, 6.07) is 2.87. The van der Waals surface area contributed by atoms with Gasteiger partial charge in [0.2, 0.25) is 11.7 Å². The Morgan fingerprint density at radius 1 is 1.39 bits per heavy atom. The van der Waals surface area contributed by atoms with E-state index in [1.54, 1.807) is 6.07 Å². The van der Waals surface area contributed by atoms with Crippen LogP contribution < -0.4 is 5.32 Å². The number of pyridine rings is 1. The van der Waals surface area contributed by atoms with E-state index in [0.29, 0.717) is 23.3 Å². The second kappa shape index (κ2) is 4.45. The van der Waals surface area contributed by atoms with Crippen molar-refractivity contribution < 1.29 is 8.91 Å². The molecule has 3 rings (SSSR count). The van der Waals surface area contributed by atoms with Gasteiger partial charge in [0, 0.05) is 6.54 Å². The molecule has 2 aromatic rings. The molecule has 0 aliphatic carbocycles. The fourth-order valence-electron chi connectivity index (χ4n) is 2.14. The molecule has 2 aromatic heterocycles. The van der Waals surface area contributed by atoms with Gasteiger partial charge in [-0.05, 0) is 24.6 Å². The molecule has 0 bridgehead atoms. The van der Waals surface area contributed by atoms with Gasteiger partial charge in [0.05, 0.1) is 12.1 Å². The van der Waals surface area contributed by atoms with Gasteiger partial charge >= 0.3 is 0 Å². The monoisotopic (exact) mass is 248 g/mol. The molecule has 1 aliphatic heterocycles. The van der Waals surface area contributed by atoms with Crippen molar-refractivity contribution in [1.82, 2.24) is 20.4 Å². The quantitative estimate of drug-likeness (QED) is 0.874. The van der Waals surface area contributed by atoms with Gasteiger partial charge in [-0.3, -0.25) is 0 Å². The molecular formula is C12H13FN4O. The van der Waals surface area contributed by atoms with Crippen molar-refractivity contribution in [3.05, 3.63) is 30.0 Å². The van der Waals surface area contributed by atoms with Crippen molar-refractivity contribution in [2.45, 2.75) is 12.8 Å². The molecule has 0 aromatic carbocycles. The number of hydrogen-bond donors (Lipinski definition) is 1. The number of rotatable bonds is 2. The molecule has 0 saturated carbocycles. The minimum Gasteiger partial charge on any atom is -0.339 e. The van der Waals surface area contributed by atoms with Crippen LogP contribution >= 0.6 is 0 Å². The average Bonchev–Trinajstić information content (AvgIpc) is 2.98. The van der Waals surface area contributed by atoms with E-state index in [-0.39, 0.29) is 11.7 Å². The Bertz CT molecular complexity index is 539. The second-order valence-corrected chi connectivity index (χ2v) is 4.56. The van der Waals surface area contributed by atoms with E-state index in [2.05, 4.69) is 27.4 Å². The van der Waals surface area contributed by atoms with E-state index in [1.165, 1.54) is 6.07 Å². The number of nitrogens with zero attached hydrogens (tertiary/aromatic N) is 3. The Hall–Kier alpha value is -1.82. The van der Waals surface area contributed by atoms with Gasteiger partial charge in [0.25, 0.3) is 0 Å².